The highest BCUT2D eigenvalue weighted by atomic mass is 35.5. The summed E-state index contributed by atoms with van der Waals surface area (Å²) in [6.45, 7) is 5.11. The van der Waals surface area contributed by atoms with E-state index in [1.165, 1.54) is 17.7 Å². The summed E-state index contributed by atoms with van der Waals surface area (Å²) in [6.07, 6.45) is 1.62. The summed E-state index contributed by atoms with van der Waals surface area (Å²) in [4.78, 5) is 43.3. The standard InChI is InChI=1S/C32H26Cl3N3O7S/c1-5-44-31(40)27-17(3)36-32-37(28(27)19-7-6-16(2)24(13-19)38(41)42)30(39)26(46-32)12-18-10-23(35)29(25(11-18)43-4)45-15-20-8-9-21(33)14-22(20)34/h6-14,28H,5,15H2,1-4H3/b26-12+/t28-/m0/s1. The van der Waals surface area contributed by atoms with Gasteiger partial charge in [-0.25, -0.2) is 9.79 Å². The van der Waals surface area contributed by atoms with Gasteiger partial charge >= 0.3 is 5.97 Å². The van der Waals surface area contributed by atoms with Crippen molar-refractivity contribution in [1.82, 2.24) is 4.57 Å². The van der Waals surface area contributed by atoms with Crippen LogP contribution >= 0.6 is 46.1 Å². The Morgan fingerprint density at radius 1 is 1.11 bits per heavy atom. The second kappa shape index (κ2) is 13.7. The molecule has 1 aliphatic heterocycles. The van der Waals surface area contributed by atoms with Crippen LogP contribution in [0.25, 0.3) is 6.08 Å². The summed E-state index contributed by atoms with van der Waals surface area (Å²) >= 11 is 20.0. The third-order valence-electron chi connectivity index (χ3n) is 7.20. The molecule has 10 nitrogen and oxygen atoms in total. The Kier molecular flexibility index (Phi) is 9.88. The fourth-order valence-corrected chi connectivity index (χ4v) is 6.79. The molecular weight excluding hydrogens is 677 g/mol. The number of benzene rings is 3. The number of nitro benzene ring substituents is 1. The van der Waals surface area contributed by atoms with Crippen LogP contribution in [0.4, 0.5) is 5.69 Å². The number of hydrogen-bond acceptors (Lipinski definition) is 9. The lowest BCUT2D eigenvalue weighted by Gasteiger charge is -2.24. The summed E-state index contributed by atoms with van der Waals surface area (Å²) in [5.74, 6) is -0.0652. The zero-order chi connectivity index (χ0) is 33.3. The molecule has 0 saturated carbocycles. The molecule has 0 bridgehead atoms. The number of allylic oxidation sites excluding steroid dienone is 1. The van der Waals surface area contributed by atoms with E-state index < -0.39 is 22.5 Å². The molecule has 0 aliphatic carbocycles. The number of halogens is 3. The molecule has 5 rings (SSSR count). The third kappa shape index (κ3) is 6.54. The van der Waals surface area contributed by atoms with Crippen LogP contribution < -0.4 is 24.4 Å². The number of thiazole rings is 1. The normalized spacial score (nSPS) is 14.5. The van der Waals surface area contributed by atoms with Crippen molar-refractivity contribution >= 4 is 63.9 Å². The van der Waals surface area contributed by atoms with E-state index in [0.717, 1.165) is 11.3 Å². The lowest BCUT2D eigenvalue weighted by molar-refractivity contribution is -0.385. The average molecular weight is 703 g/mol. The maximum absolute atomic E-state index is 14.0. The van der Waals surface area contributed by atoms with Crippen molar-refractivity contribution in [2.45, 2.75) is 33.4 Å². The number of carbonyl (C=O) groups excluding carboxylic acids is 1. The quantitative estimate of drug-likeness (QED) is 0.110. The predicted octanol–water partition coefficient (Wildman–Crippen LogP) is 6.56. The predicted molar refractivity (Wildman–Crippen MR) is 177 cm³/mol. The van der Waals surface area contributed by atoms with Crippen LogP contribution in [0.3, 0.4) is 0 Å². The van der Waals surface area contributed by atoms with Crippen molar-refractivity contribution in [3.63, 3.8) is 0 Å². The van der Waals surface area contributed by atoms with Gasteiger partial charge in [-0.15, -0.1) is 0 Å². The number of nitrogens with zero attached hydrogens (tertiary/aromatic N) is 3. The molecule has 3 aromatic carbocycles. The highest BCUT2D eigenvalue weighted by Crippen LogP contribution is 2.38. The van der Waals surface area contributed by atoms with E-state index >= 15 is 0 Å². The molecule has 2 heterocycles. The molecule has 1 aromatic heterocycles. The Morgan fingerprint density at radius 3 is 2.54 bits per heavy atom. The van der Waals surface area contributed by atoms with Crippen molar-refractivity contribution in [1.29, 1.82) is 0 Å². The lowest BCUT2D eigenvalue weighted by atomic mass is 9.94. The van der Waals surface area contributed by atoms with Gasteiger partial charge in [0.25, 0.3) is 11.2 Å². The van der Waals surface area contributed by atoms with E-state index in [-0.39, 0.29) is 39.8 Å². The number of esters is 1. The first-order valence-electron chi connectivity index (χ1n) is 13.8. The number of nitro groups is 1. The number of aromatic nitrogens is 1. The molecule has 0 spiro atoms. The van der Waals surface area contributed by atoms with Gasteiger partial charge in [0.05, 0.1) is 45.5 Å². The number of hydrogen-bond donors (Lipinski definition) is 0. The van der Waals surface area contributed by atoms with Crippen molar-refractivity contribution in [3.8, 4) is 11.5 Å². The molecule has 14 heteroatoms. The molecule has 0 fully saturated rings. The third-order valence-corrected chi connectivity index (χ3v) is 9.05. The summed E-state index contributed by atoms with van der Waals surface area (Å²) in [7, 11) is 1.46. The van der Waals surface area contributed by atoms with Crippen LogP contribution in [0.5, 0.6) is 11.5 Å². The van der Waals surface area contributed by atoms with Crippen molar-refractivity contribution < 1.29 is 23.9 Å². The minimum Gasteiger partial charge on any atom is -0.493 e. The van der Waals surface area contributed by atoms with E-state index in [2.05, 4.69) is 4.99 Å². The highest BCUT2D eigenvalue weighted by molar-refractivity contribution is 7.07. The maximum atomic E-state index is 14.0. The molecule has 238 valence electrons. The fraction of sp³-hybridized carbons (Fsp3) is 0.219. The van der Waals surface area contributed by atoms with Crippen LogP contribution in [-0.2, 0) is 16.1 Å². The number of fused-ring (bicyclic) bond motifs is 1. The van der Waals surface area contributed by atoms with E-state index in [4.69, 9.17) is 49.0 Å². The zero-order valence-electron chi connectivity index (χ0n) is 24.9. The minimum absolute atomic E-state index is 0.0931. The molecule has 46 heavy (non-hydrogen) atoms. The highest BCUT2D eigenvalue weighted by Gasteiger charge is 2.34. The number of methoxy groups -OCH3 is 1. The summed E-state index contributed by atoms with van der Waals surface area (Å²) < 4.78 is 18.4. The molecule has 4 aromatic rings. The summed E-state index contributed by atoms with van der Waals surface area (Å²) in [5.41, 5.74) is 1.90. The molecule has 1 atom stereocenters. The lowest BCUT2D eigenvalue weighted by Crippen LogP contribution is -2.40. The number of carbonyl (C=O) groups is 1. The van der Waals surface area contributed by atoms with Gasteiger partial charge in [0.1, 0.15) is 6.61 Å². The van der Waals surface area contributed by atoms with Crippen molar-refractivity contribution in [3.05, 3.63) is 127 Å². The number of rotatable bonds is 9. The first-order chi connectivity index (χ1) is 21.9. The Morgan fingerprint density at radius 2 is 1.87 bits per heavy atom. The zero-order valence-corrected chi connectivity index (χ0v) is 28.0. The average Bonchev–Trinajstić information content (AvgIpc) is 3.30. The van der Waals surface area contributed by atoms with Crippen LogP contribution in [0.15, 0.2) is 69.6 Å². The molecule has 0 saturated heterocycles. The Labute approximate surface area is 281 Å². The summed E-state index contributed by atoms with van der Waals surface area (Å²) in [6, 6.07) is 11.9. The van der Waals surface area contributed by atoms with Gasteiger partial charge < -0.3 is 14.2 Å². The second-order valence-electron chi connectivity index (χ2n) is 10.2. The van der Waals surface area contributed by atoms with Crippen LogP contribution in [-0.4, -0.2) is 29.2 Å². The molecule has 1 aliphatic rings. The van der Waals surface area contributed by atoms with Gasteiger partial charge in [0.15, 0.2) is 16.3 Å². The summed E-state index contributed by atoms with van der Waals surface area (Å²) in [5, 5.41) is 12.9. The van der Waals surface area contributed by atoms with Gasteiger partial charge in [0.2, 0.25) is 0 Å². The van der Waals surface area contributed by atoms with Gasteiger partial charge in [-0.3, -0.25) is 19.5 Å². The van der Waals surface area contributed by atoms with E-state index in [9.17, 15) is 19.7 Å². The molecule has 0 radical (unpaired) electrons. The topological polar surface area (TPSA) is 122 Å². The smallest absolute Gasteiger partial charge is 0.338 e. The van der Waals surface area contributed by atoms with Crippen molar-refractivity contribution in [2.24, 2.45) is 4.99 Å². The van der Waals surface area contributed by atoms with Crippen molar-refractivity contribution in [2.75, 3.05) is 13.7 Å². The van der Waals surface area contributed by atoms with Crippen LogP contribution in [0.1, 0.15) is 42.1 Å². The molecule has 0 amide bonds. The minimum atomic E-state index is -1.01. The first-order valence-corrected chi connectivity index (χ1v) is 15.8. The SMILES string of the molecule is CCOC(=O)C1=C(C)N=c2s/c(=C/c3cc(Cl)c(OCc4ccc(Cl)cc4Cl)c(OC)c3)c(=O)n2[C@H]1c1ccc(C)c([N+](=O)[O-])c1. The van der Waals surface area contributed by atoms with Gasteiger partial charge in [-0.2, -0.15) is 0 Å². The largest absolute Gasteiger partial charge is 0.493 e. The van der Waals surface area contributed by atoms with Gasteiger partial charge in [-0.05, 0) is 62.2 Å². The van der Waals surface area contributed by atoms with E-state index in [0.29, 0.717) is 48.5 Å². The first kappa shape index (κ1) is 33.2. The maximum Gasteiger partial charge on any atom is 0.338 e. The second-order valence-corrected chi connectivity index (χ2v) is 12.4. The molecule has 0 unspecified atom stereocenters. The monoisotopic (exact) mass is 701 g/mol. The Hall–Kier alpha value is -4.16. The number of aryl methyl sites for hydroxylation is 1. The van der Waals surface area contributed by atoms with E-state index in [1.54, 1.807) is 69.3 Å². The number of ether oxygens (including phenoxy) is 3. The molecule has 0 N–H and O–H groups in total. The Balaban J connectivity index is 1.60. The van der Waals surface area contributed by atoms with Gasteiger partial charge in [-0.1, -0.05) is 64.3 Å². The Bertz CT molecular complexity index is 2110. The van der Waals surface area contributed by atoms with Gasteiger partial charge in [0, 0.05) is 27.2 Å². The van der Waals surface area contributed by atoms with Crippen LogP contribution in [0, 0.1) is 17.0 Å². The van der Waals surface area contributed by atoms with Crippen LogP contribution in [0.2, 0.25) is 15.1 Å². The van der Waals surface area contributed by atoms with E-state index in [1.807, 2.05) is 0 Å². The molecular formula is C32H26Cl3N3O7S. The fourth-order valence-electron chi connectivity index (χ4n) is 5.00.